The van der Waals surface area contributed by atoms with Crippen molar-refractivity contribution in [2.75, 3.05) is 26.2 Å². The Morgan fingerprint density at radius 3 is 2.30 bits per heavy atom. The third-order valence-corrected chi connectivity index (χ3v) is 5.27. The van der Waals surface area contributed by atoms with Crippen molar-refractivity contribution >= 4 is 48.0 Å². The number of benzene rings is 1. The first kappa shape index (κ1) is 21.1. The molecule has 1 saturated carbocycles. The monoisotopic (exact) mass is 400 g/mol. The Bertz CT molecular complexity index is 503. The third-order valence-electron chi connectivity index (χ3n) is 4.77. The number of aromatic hydroxyl groups is 1. The Balaban J connectivity index is 0.00000132. The summed E-state index contributed by atoms with van der Waals surface area (Å²) >= 11 is 12.3. The fourth-order valence-electron chi connectivity index (χ4n) is 3.79. The van der Waals surface area contributed by atoms with Gasteiger partial charge >= 0.3 is 0 Å². The highest BCUT2D eigenvalue weighted by molar-refractivity contribution is 6.35. The lowest BCUT2D eigenvalue weighted by Gasteiger charge is -2.39. The largest absolute Gasteiger partial charge is 0.506 e. The van der Waals surface area contributed by atoms with Gasteiger partial charge in [-0.2, -0.15) is 0 Å². The molecule has 0 unspecified atom stereocenters. The Labute approximate surface area is 160 Å². The van der Waals surface area contributed by atoms with E-state index in [2.05, 4.69) is 10.2 Å². The maximum atomic E-state index is 10.5. The number of nitrogens with zero attached hydrogens (tertiary/aromatic N) is 1. The molecule has 3 nitrogen and oxygen atoms in total. The molecule has 0 spiro atoms. The SMILES string of the molecule is Cl.Cl.Oc1c(Cl)cc(Cl)cc1[C@H](C1CCCC1)N1CCNCC1. The van der Waals surface area contributed by atoms with Gasteiger partial charge in [-0.1, -0.05) is 36.0 Å². The van der Waals surface area contributed by atoms with Crippen LogP contribution in [0.4, 0.5) is 0 Å². The quantitative estimate of drug-likeness (QED) is 0.771. The molecule has 2 fully saturated rings. The van der Waals surface area contributed by atoms with Gasteiger partial charge < -0.3 is 10.4 Å². The summed E-state index contributed by atoms with van der Waals surface area (Å²) in [5.41, 5.74) is 0.904. The van der Waals surface area contributed by atoms with Gasteiger partial charge in [0.05, 0.1) is 5.02 Å². The topological polar surface area (TPSA) is 35.5 Å². The fraction of sp³-hybridized carbons (Fsp3) is 0.625. The van der Waals surface area contributed by atoms with Gasteiger partial charge in [-0.05, 0) is 30.9 Å². The normalized spacial score (nSPS) is 20.6. The predicted octanol–water partition coefficient (Wildman–Crippen LogP) is 4.68. The summed E-state index contributed by atoms with van der Waals surface area (Å²) in [6.45, 7) is 4.01. The Kier molecular flexibility index (Phi) is 8.78. The second kappa shape index (κ2) is 9.55. The molecule has 0 radical (unpaired) electrons. The number of phenolic OH excluding ortho intramolecular Hbond substituents is 1. The molecule has 1 atom stereocenters. The van der Waals surface area contributed by atoms with Crippen LogP contribution in [0, 0.1) is 5.92 Å². The predicted molar refractivity (Wildman–Crippen MR) is 102 cm³/mol. The average molecular weight is 402 g/mol. The second-order valence-electron chi connectivity index (χ2n) is 6.10. The summed E-state index contributed by atoms with van der Waals surface area (Å²) in [4.78, 5) is 2.48. The van der Waals surface area contributed by atoms with Gasteiger partial charge in [0, 0.05) is 42.8 Å². The molecule has 1 aromatic rings. The Morgan fingerprint density at radius 2 is 1.70 bits per heavy atom. The first-order chi connectivity index (χ1) is 10.2. The van der Waals surface area contributed by atoms with E-state index in [0.717, 1.165) is 31.7 Å². The maximum absolute atomic E-state index is 10.5. The molecule has 0 bridgehead atoms. The molecule has 0 aromatic heterocycles. The Hall–Kier alpha value is 0.1000. The lowest BCUT2D eigenvalue weighted by Crippen LogP contribution is -2.46. The molecular formula is C16H24Cl4N2O. The van der Waals surface area contributed by atoms with E-state index in [0.29, 0.717) is 16.0 Å². The van der Waals surface area contributed by atoms with Gasteiger partial charge in [0.25, 0.3) is 0 Å². The van der Waals surface area contributed by atoms with Crippen molar-refractivity contribution in [2.45, 2.75) is 31.7 Å². The van der Waals surface area contributed by atoms with Crippen molar-refractivity contribution < 1.29 is 5.11 Å². The molecule has 7 heteroatoms. The highest BCUT2D eigenvalue weighted by Gasteiger charge is 2.34. The summed E-state index contributed by atoms with van der Waals surface area (Å²) < 4.78 is 0. The molecule has 2 aliphatic rings. The van der Waals surface area contributed by atoms with E-state index in [1.54, 1.807) is 6.07 Å². The molecule has 2 N–H and O–H groups in total. The van der Waals surface area contributed by atoms with E-state index in [4.69, 9.17) is 23.2 Å². The highest BCUT2D eigenvalue weighted by atomic mass is 35.5. The molecule has 1 aliphatic heterocycles. The number of hydrogen-bond acceptors (Lipinski definition) is 3. The zero-order valence-corrected chi connectivity index (χ0v) is 16.1. The van der Waals surface area contributed by atoms with Gasteiger partial charge in [-0.3, -0.25) is 4.90 Å². The van der Waals surface area contributed by atoms with E-state index in [1.807, 2.05) is 6.07 Å². The van der Waals surface area contributed by atoms with Crippen LogP contribution in [0.3, 0.4) is 0 Å². The van der Waals surface area contributed by atoms with Gasteiger partial charge in [0.15, 0.2) is 0 Å². The first-order valence-corrected chi connectivity index (χ1v) is 8.55. The molecule has 1 aromatic carbocycles. The number of halogens is 4. The molecule has 1 aliphatic carbocycles. The average Bonchev–Trinajstić information content (AvgIpc) is 2.99. The molecule has 1 heterocycles. The third kappa shape index (κ3) is 4.81. The first-order valence-electron chi connectivity index (χ1n) is 7.79. The van der Waals surface area contributed by atoms with Gasteiger partial charge in [0.2, 0.25) is 0 Å². The number of piperazine rings is 1. The minimum atomic E-state index is 0. The van der Waals surface area contributed by atoms with E-state index < -0.39 is 0 Å². The minimum absolute atomic E-state index is 0. The zero-order chi connectivity index (χ0) is 14.8. The van der Waals surface area contributed by atoms with Crippen molar-refractivity contribution in [1.29, 1.82) is 0 Å². The molecule has 0 amide bonds. The van der Waals surface area contributed by atoms with Crippen molar-refractivity contribution in [1.82, 2.24) is 10.2 Å². The number of nitrogens with one attached hydrogen (secondary N) is 1. The Morgan fingerprint density at radius 1 is 1.09 bits per heavy atom. The van der Waals surface area contributed by atoms with Crippen LogP contribution >= 0.6 is 48.0 Å². The highest BCUT2D eigenvalue weighted by Crippen LogP contribution is 2.45. The van der Waals surface area contributed by atoms with Crippen LogP contribution < -0.4 is 5.32 Å². The van der Waals surface area contributed by atoms with Crippen LogP contribution in [-0.2, 0) is 0 Å². The van der Waals surface area contributed by atoms with E-state index in [-0.39, 0.29) is 36.6 Å². The van der Waals surface area contributed by atoms with Crippen LogP contribution in [-0.4, -0.2) is 36.2 Å². The van der Waals surface area contributed by atoms with Crippen LogP contribution in [0.2, 0.25) is 10.0 Å². The summed E-state index contributed by atoms with van der Waals surface area (Å²) in [5.74, 6) is 0.792. The van der Waals surface area contributed by atoms with Crippen molar-refractivity contribution in [3.05, 3.63) is 27.7 Å². The number of rotatable bonds is 3. The lowest BCUT2D eigenvalue weighted by atomic mass is 9.89. The smallest absolute Gasteiger partial charge is 0.139 e. The molecule has 3 rings (SSSR count). The van der Waals surface area contributed by atoms with Crippen molar-refractivity contribution in [3.63, 3.8) is 0 Å². The number of hydrogen-bond donors (Lipinski definition) is 2. The molecule has 23 heavy (non-hydrogen) atoms. The van der Waals surface area contributed by atoms with Gasteiger partial charge in [0.1, 0.15) is 5.75 Å². The van der Waals surface area contributed by atoms with Crippen LogP contribution in [0.1, 0.15) is 37.3 Å². The molecule has 1 saturated heterocycles. The fourth-order valence-corrected chi connectivity index (χ4v) is 4.30. The van der Waals surface area contributed by atoms with E-state index in [1.165, 1.54) is 25.7 Å². The second-order valence-corrected chi connectivity index (χ2v) is 6.94. The van der Waals surface area contributed by atoms with Crippen LogP contribution in [0.5, 0.6) is 5.75 Å². The maximum Gasteiger partial charge on any atom is 0.139 e. The summed E-state index contributed by atoms with van der Waals surface area (Å²) in [5, 5.41) is 14.8. The van der Waals surface area contributed by atoms with Gasteiger partial charge in [-0.15, -0.1) is 24.8 Å². The summed E-state index contributed by atoms with van der Waals surface area (Å²) in [7, 11) is 0. The minimum Gasteiger partial charge on any atom is -0.506 e. The van der Waals surface area contributed by atoms with Crippen molar-refractivity contribution in [3.8, 4) is 5.75 Å². The molecule has 132 valence electrons. The zero-order valence-electron chi connectivity index (χ0n) is 12.9. The lowest BCUT2D eigenvalue weighted by molar-refractivity contribution is 0.123. The van der Waals surface area contributed by atoms with Crippen LogP contribution in [0.25, 0.3) is 0 Å². The van der Waals surface area contributed by atoms with E-state index in [9.17, 15) is 5.11 Å². The van der Waals surface area contributed by atoms with Crippen LogP contribution in [0.15, 0.2) is 12.1 Å². The number of phenols is 1. The van der Waals surface area contributed by atoms with Crippen molar-refractivity contribution in [2.24, 2.45) is 5.92 Å². The van der Waals surface area contributed by atoms with E-state index >= 15 is 0 Å². The standard InChI is InChI=1S/C16H22Cl2N2O.2ClH/c17-12-9-13(16(21)14(18)10-12)15(11-3-1-2-4-11)20-7-5-19-6-8-20;;/h9-11,15,19,21H,1-8H2;2*1H/t15-;;/m0../s1. The molecular weight excluding hydrogens is 378 g/mol. The summed E-state index contributed by atoms with van der Waals surface area (Å²) in [6, 6.07) is 3.74. The summed E-state index contributed by atoms with van der Waals surface area (Å²) in [6.07, 6.45) is 5.00. The van der Waals surface area contributed by atoms with Gasteiger partial charge in [-0.25, -0.2) is 0 Å².